The quantitative estimate of drug-likeness (QED) is 0.439. The van der Waals surface area contributed by atoms with Crippen molar-refractivity contribution in [3.8, 4) is 17.2 Å². The van der Waals surface area contributed by atoms with Crippen LogP contribution < -0.4 is 24.8 Å². The van der Waals surface area contributed by atoms with Gasteiger partial charge in [0.15, 0.2) is 18.1 Å². The topological polar surface area (TPSA) is 68.8 Å². The van der Waals surface area contributed by atoms with E-state index in [-0.39, 0.29) is 12.5 Å². The zero-order chi connectivity index (χ0) is 22.8. The molecule has 1 amide bonds. The fraction of sp³-hybridized carbons (Fsp3) is 0.269. The maximum atomic E-state index is 12.1. The Morgan fingerprint density at radius 3 is 2.41 bits per heavy atom. The lowest BCUT2D eigenvalue weighted by molar-refractivity contribution is -0.118. The number of carbonyl (C=O) groups excluding carboxylic acids is 1. The van der Waals surface area contributed by atoms with Gasteiger partial charge in [-0.1, -0.05) is 35.9 Å². The highest BCUT2D eigenvalue weighted by atomic mass is 16.5. The molecule has 0 bridgehead atoms. The molecule has 0 aliphatic heterocycles. The number of aryl methyl sites for hydroxylation is 1. The number of amides is 1. The summed E-state index contributed by atoms with van der Waals surface area (Å²) in [4.78, 5) is 12.1. The van der Waals surface area contributed by atoms with Gasteiger partial charge in [0, 0.05) is 12.2 Å². The minimum atomic E-state index is -0.188. The second kappa shape index (κ2) is 11.8. The van der Waals surface area contributed by atoms with Gasteiger partial charge in [-0.25, -0.2) is 0 Å². The number of benzene rings is 3. The van der Waals surface area contributed by atoms with Crippen molar-refractivity contribution in [2.24, 2.45) is 0 Å². The van der Waals surface area contributed by atoms with E-state index in [1.54, 1.807) is 14.2 Å². The van der Waals surface area contributed by atoms with E-state index < -0.39 is 0 Å². The van der Waals surface area contributed by atoms with E-state index in [9.17, 15) is 4.79 Å². The SMILES string of the molecule is COc1ccc(CCNCc2cccc(OCC(=O)Nc3ccc(C)cc3)c2)cc1OC. The van der Waals surface area contributed by atoms with Gasteiger partial charge in [0.25, 0.3) is 5.91 Å². The van der Waals surface area contributed by atoms with Crippen molar-refractivity contribution in [3.63, 3.8) is 0 Å². The van der Waals surface area contributed by atoms with Crippen molar-refractivity contribution >= 4 is 11.6 Å². The summed E-state index contributed by atoms with van der Waals surface area (Å²) in [6.45, 7) is 3.50. The van der Waals surface area contributed by atoms with E-state index in [4.69, 9.17) is 14.2 Å². The van der Waals surface area contributed by atoms with Crippen LogP contribution in [0.1, 0.15) is 16.7 Å². The largest absolute Gasteiger partial charge is 0.493 e. The number of methoxy groups -OCH3 is 2. The Balaban J connectivity index is 1.42. The molecule has 0 fully saturated rings. The zero-order valence-electron chi connectivity index (χ0n) is 18.8. The van der Waals surface area contributed by atoms with Crippen LogP contribution in [0, 0.1) is 6.92 Å². The first-order valence-corrected chi connectivity index (χ1v) is 10.6. The number of hydrogen-bond acceptors (Lipinski definition) is 5. The summed E-state index contributed by atoms with van der Waals surface area (Å²) >= 11 is 0. The average Bonchev–Trinajstić information content (AvgIpc) is 2.82. The van der Waals surface area contributed by atoms with Gasteiger partial charge in [-0.3, -0.25) is 4.79 Å². The van der Waals surface area contributed by atoms with Crippen molar-refractivity contribution in [2.45, 2.75) is 19.9 Å². The third-order valence-electron chi connectivity index (χ3n) is 4.97. The summed E-state index contributed by atoms with van der Waals surface area (Å²) in [5, 5.41) is 6.27. The van der Waals surface area contributed by atoms with Crippen molar-refractivity contribution in [3.05, 3.63) is 83.4 Å². The normalized spacial score (nSPS) is 10.5. The van der Waals surface area contributed by atoms with Gasteiger partial charge in [-0.15, -0.1) is 0 Å². The predicted octanol–water partition coefficient (Wildman–Crippen LogP) is 4.36. The summed E-state index contributed by atoms with van der Waals surface area (Å²) in [6.07, 6.45) is 0.871. The monoisotopic (exact) mass is 434 g/mol. The van der Waals surface area contributed by atoms with E-state index in [1.165, 1.54) is 5.56 Å². The molecule has 0 aliphatic rings. The molecule has 0 saturated heterocycles. The molecule has 0 heterocycles. The molecule has 0 saturated carbocycles. The van der Waals surface area contributed by atoms with Gasteiger partial charge in [0.1, 0.15) is 5.75 Å². The van der Waals surface area contributed by atoms with Crippen molar-refractivity contribution in [1.29, 1.82) is 0 Å². The first-order valence-electron chi connectivity index (χ1n) is 10.6. The van der Waals surface area contributed by atoms with Crippen LogP contribution in [-0.4, -0.2) is 33.3 Å². The van der Waals surface area contributed by atoms with Gasteiger partial charge in [0.2, 0.25) is 0 Å². The molecule has 0 spiro atoms. The Labute approximate surface area is 189 Å². The Morgan fingerprint density at radius 2 is 1.66 bits per heavy atom. The second-order valence-electron chi connectivity index (χ2n) is 7.47. The highest BCUT2D eigenvalue weighted by molar-refractivity contribution is 5.91. The molecular formula is C26H30N2O4. The number of rotatable bonds is 11. The lowest BCUT2D eigenvalue weighted by Crippen LogP contribution is -2.20. The molecule has 0 unspecified atom stereocenters. The van der Waals surface area contributed by atoms with Crippen LogP contribution in [0.2, 0.25) is 0 Å². The fourth-order valence-corrected chi connectivity index (χ4v) is 3.23. The minimum Gasteiger partial charge on any atom is -0.493 e. The molecular weight excluding hydrogens is 404 g/mol. The van der Waals surface area contributed by atoms with Gasteiger partial charge < -0.3 is 24.8 Å². The van der Waals surface area contributed by atoms with Crippen LogP contribution in [0.5, 0.6) is 17.2 Å². The van der Waals surface area contributed by atoms with Crippen molar-refractivity contribution < 1.29 is 19.0 Å². The lowest BCUT2D eigenvalue weighted by atomic mass is 10.1. The molecule has 32 heavy (non-hydrogen) atoms. The minimum absolute atomic E-state index is 0.0376. The van der Waals surface area contributed by atoms with Crippen LogP contribution in [-0.2, 0) is 17.8 Å². The number of hydrogen-bond donors (Lipinski definition) is 2. The molecule has 0 aromatic heterocycles. The molecule has 3 rings (SSSR count). The van der Waals surface area contributed by atoms with E-state index in [0.717, 1.165) is 41.3 Å². The van der Waals surface area contributed by atoms with Crippen molar-refractivity contribution in [1.82, 2.24) is 5.32 Å². The predicted molar refractivity (Wildman–Crippen MR) is 127 cm³/mol. The summed E-state index contributed by atoms with van der Waals surface area (Å²) in [5.74, 6) is 1.95. The molecule has 0 radical (unpaired) electrons. The Hall–Kier alpha value is -3.51. The highest BCUT2D eigenvalue weighted by Crippen LogP contribution is 2.27. The molecule has 0 atom stereocenters. The van der Waals surface area contributed by atoms with Gasteiger partial charge >= 0.3 is 0 Å². The fourth-order valence-electron chi connectivity index (χ4n) is 3.23. The molecule has 3 aromatic carbocycles. The highest BCUT2D eigenvalue weighted by Gasteiger charge is 2.06. The third-order valence-corrected chi connectivity index (χ3v) is 4.97. The Kier molecular flexibility index (Phi) is 8.52. The van der Waals surface area contributed by atoms with E-state index >= 15 is 0 Å². The van der Waals surface area contributed by atoms with Crippen LogP contribution >= 0.6 is 0 Å². The Morgan fingerprint density at radius 1 is 0.875 bits per heavy atom. The van der Waals surface area contributed by atoms with Gasteiger partial charge in [0.05, 0.1) is 14.2 Å². The first kappa shape index (κ1) is 23.2. The summed E-state index contributed by atoms with van der Waals surface area (Å²) in [7, 11) is 3.27. The number of carbonyl (C=O) groups is 1. The second-order valence-corrected chi connectivity index (χ2v) is 7.47. The average molecular weight is 435 g/mol. The third kappa shape index (κ3) is 7.03. The van der Waals surface area contributed by atoms with Crippen LogP contribution in [0.4, 0.5) is 5.69 Å². The standard InChI is InChI=1S/C26H30N2O4/c1-19-7-10-22(11-8-19)28-26(29)18-32-23-6-4-5-21(15-23)17-27-14-13-20-9-12-24(30-2)25(16-20)31-3/h4-12,15-16,27H,13-14,17-18H2,1-3H3,(H,28,29). The van der Waals surface area contributed by atoms with Crippen molar-refractivity contribution in [2.75, 3.05) is 32.7 Å². The smallest absolute Gasteiger partial charge is 0.262 e. The molecule has 2 N–H and O–H groups in total. The van der Waals surface area contributed by atoms with Gasteiger partial charge in [-0.05, 0) is 67.4 Å². The summed E-state index contributed by atoms with van der Waals surface area (Å²) in [6, 6.07) is 21.4. The van der Waals surface area contributed by atoms with Crippen LogP contribution in [0.15, 0.2) is 66.7 Å². The molecule has 6 nitrogen and oxygen atoms in total. The molecule has 6 heteroatoms. The maximum Gasteiger partial charge on any atom is 0.262 e. The summed E-state index contributed by atoms with van der Waals surface area (Å²) < 4.78 is 16.3. The number of anilines is 1. The van der Waals surface area contributed by atoms with E-state index in [0.29, 0.717) is 12.3 Å². The maximum absolute atomic E-state index is 12.1. The first-order chi connectivity index (χ1) is 15.6. The molecule has 3 aromatic rings. The van der Waals surface area contributed by atoms with Crippen LogP contribution in [0.25, 0.3) is 0 Å². The molecule has 168 valence electrons. The van der Waals surface area contributed by atoms with Crippen LogP contribution in [0.3, 0.4) is 0 Å². The van der Waals surface area contributed by atoms with E-state index in [1.807, 2.05) is 73.7 Å². The van der Waals surface area contributed by atoms with Gasteiger partial charge in [-0.2, -0.15) is 0 Å². The number of ether oxygens (including phenoxy) is 3. The lowest BCUT2D eigenvalue weighted by Gasteiger charge is -2.11. The zero-order valence-corrected chi connectivity index (χ0v) is 18.8. The van der Waals surface area contributed by atoms with E-state index in [2.05, 4.69) is 10.6 Å². The Bertz CT molecular complexity index is 1020. The molecule has 0 aliphatic carbocycles. The summed E-state index contributed by atoms with van der Waals surface area (Å²) in [5.41, 5.74) is 4.17. The number of nitrogens with one attached hydrogen (secondary N) is 2.